The van der Waals surface area contributed by atoms with Crippen LogP contribution in [0.2, 0.25) is 0 Å². The highest BCUT2D eigenvalue weighted by Gasteiger charge is 2.41. The number of rotatable bonds is 0. The predicted octanol–water partition coefficient (Wildman–Crippen LogP) is 0.355. The van der Waals surface area contributed by atoms with Gasteiger partial charge < -0.3 is 11.1 Å². The maximum Gasteiger partial charge on any atom is 0.0346 e. The van der Waals surface area contributed by atoms with Gasteiger partial charge in [-0.1, -0.05) is 6.08 Å². The first-order chi connectivity index (χ1) is 4.31. The van der Waals surface area contributed by atoms with Crippen LogP contribution < -0.4 is 11.1 Å². The van der Waals surface area contributed by atoms with E-state index in [9.17, 15) is 0 Å². The zero-order valence-corrected chi connectivity index (χ0v) is 5.48. The molecule has 1 fully saturated rings. The Balaban J connectivity index is 2.07. The van der Waals surface area contributed by atoms with Crippen molar-refractivity contribution >= 4 is 0 Å². The zero-order valence-electron chi connectivity index (χ0n) is 5.48. The summed E-state index contributed by atoms with van der Waals surface area (Å²) >= 11 is 0. The van der Waals surface area contributed by atoms with Crippen LogP contribution in [0.25, 0.3) is 0 Å². The van der Waals surface area contributed by atoms with Crippen LogP contribution in [0.4, 0.5) is 0 Å². The average molecular weight is 124 g/mol. The normalized spacial score (nSPS) is 40.7. The lowest BCUT2D eigenvalue weighted by molar-refractivity contribution is 0.547. The largest absolute Gasteiger partial charge is 0.402 e. The third-order valence-corrected chi connectivity index (χ3v) is 2.32. The molecule has 2 aliphatic rings. The summed E-state index contributed by atoms with van der Waals surface area (Å²) in [7, 11) is 0. The molecule has 1 saturated heterocycles. The number of hydrogen-bond acceptors (Lipinski definition) is 2. The van der Waals surface area contributed by atoms with E-state index in [1.54, 1.807) is 0 Å². The van der Waals surface area contributed by atoms with E-state index in [0.717, 1.165) is 18.5 Å². The molecule has 1 aliphatic carbocycles. The van der Waals surface area contributed by atoms with Crippen molar-refractivity contribution in [3.63, 3.8) is 0 Å². The van der Waals surface area contributed by atoms with Gasteiger partial charge in [0.1, 0.15) is 0 Å². The Morgan fingerprint density at radius 2 is 2.44 bits per heavy atom. The van der Waals surface area contributed by atoms with Crippen molar-refractivity contribution in [2.24, 2.45) is 5.73 Å². The monoisotopic (exact) mass is 124 g/mol. The molecule has 1 unspecified atom stereocenters. The number of nitrogens with two attached hydrogens (primary N) is 1. The van der Waals surface area contributed by atoms with Crippen molar-refractivity contribution in [1.82, 2.24) is 5.32 Å². The quantitative estimate of drug-likeness (QED) is 0.458. The zero-order chi connectivity index (χ0) is 6.32. The Kier molecular flexibility index (Phi) is 0.887. The van der Waals surface area contributed by atoms with Crippen molar-refractivity contribution in [3.8, 4) is 0 Å². The van der Waals surface area contributed by atoms with E-state index in [1.165, 1.54) is 13.0 Å². The van der Waals surface area contributed by atoms with Gasteiger partial charge in [-0.15, -0.1) is 0 Å². The maximum atomic E-state index is 5.62. The third-order valence-electron chi connectivity index (χ3n) is 2.32. The van der Waals surface area contributed by atoms with Gasteiger partial charge in [0.25, 0.3) is 0 Å². The van der Waals surface area contributed by atoms with Crippen LogP contribution in [0, 0.1) is 0 Å². The van der Waals surface area contributed by atoms with Crippen LogP contribution in [0.15, 0.2) is 11.8 Å². The molecule has 0 bridgehead atoms. The average Bonchev–Trinajstić information content (AvgIpc) is 2.60. The van der Waals surface area contributed by atoms with Crippen LogP contribution in [0.3, 0.4) is 0 Å². The van der Waals surface area contributed by atoms with Crippen molar-refractivity contribution < 1.29 is 0 Å². The summed E-state index contributed by atoms with van der Waals surface area (Å²) in [5.41, 5.74) is 7.20. The van der Waals surface area contributed by atoms with Gasteiger partial charge >= 0.3 is 0 Å². The van der Waals surface area contributed by atoms with E-state index in [-0.39, 0.29) is 0 Å². The molecule has 0 aromatic carbocycles. The molecule has 0 saturated carbocycles. The van der Waals surface area contributed by atoms with Crippen LogP contribution in [-0.4, -0.2) is 12.1 Å². The maximum absolute atomic E-state index is 5.62. The van der Waals surface area contributed by atoms with Crippen molar-refractivity contribution in [1.29, 1.82) is 0 Å². The third kappa shape index (κ3) is 0.833. The summed E-state index contributed by atoms with van der Waals surface area (Å²) in [6.45, 7) is 1.21. The molecule has 0 aromatic rings. The first kappa shape index (κ1) is 5.30. The molecule has 2 nitrogen and oxygen atoms in total. The van der Waals surface area contributed by atoms with E-state index >= 15 is 0 Å². The summed E-state index contributed by atoms with van der Waals surface area (Å²) in [5.74, 6) is 0. The Labute approximate surface area is 55.1 Å². The smallest absolute Gasteiger partial charge is 0.0346 e. The molecule has 50 valence electrons. The van der Waals surface area contributed by atoms with Gasteiger partial charge in [-0.05, 0) is 19.3 Å². The fraction of sp³-hybridized carbons (Fsp3) is 0.714. The fourth-order valence-corrected chi connectivity index (χ4v) is 1.36. The number of allylic oxidation sites excluding steroid dienone is 1. The first-order valence-corrected chi connectivity index (χ1v) is 3.50. The van der Waals surface area contributed by atoms with Crippen molar-refractivity contribution in [2.45, 2.75) is 24.8 Å². The minimum atomic E-state index is 0.503. The minimum absolute atomic E-state index is 0.503. The summed E-state index contributed by atoms with van der Waals surface area (Å²) in [4.78, 5) is 0. The molecule has 1 spiro atoms. The Hall–Kier alpha value is -0.500. The van der Waals surface area contributed by atoms with Crippen LogP contribution >= 0.6 is 0 Å². The lowest BCUT2D eigenvalue weighted by Gasteiger charge is -2.16. The molecule has 0 radical (unpaired) electrons. The SMILES string of the molecule is NC1=CCC2(CC1)CN2. The molecule has 9 heavy (non-hydrogen) atoms. The van der Waals surface area contributed by atoms with Gasteiger partial charge in [-0.3, -0.25) is 0 Å². The highest BCUT2D eigenvalue weighted by atomic mass is 15.2. The Morgan fingerprint density at radius 3 is 2.89 bits per heavy atom. The minimum Gasteiger partial charge on any atom is -0.402 e. The van der Waals surface area contributed by atoms with E-state index < -0.39 is 0 Å². The van der Waals surface area contributed by atoms with Gasteiger partial charge in [-0.25, -0.2) is 0 Å². The molecule has 1 heterocycles. The molecule has 2 rings (SSSR count). The predicted molar refractivity (Wildman–Crippen MR) is 36.9 cm³/mol. The highest BCUT2D eigenvalue weighted by Crippen LogP contribution is 2.32. The molecule has 1 aliphatic heterocycles. The van der Waals surface area contributed by atoms with Crippen LogP contribution in [0.5, 0.6) is 0 Å². The highest BCUT2D eigenvalue weighted by molar-refractivity contribution is 5.16. The molecule has 3 N–H and O–H groups in total. The molecular weight excluding hydrogens is 112 g/mol. The van der Waals surface area contributed by atoms with Gasteiger partial charge in [0.2, 0.25) is 0 Å². The first-order valence-electron chi connectivity index (χ1n) is 3.50. The second-order valence-corrected chi connectivity index (χ2v) is 3.12. The van der Waals surface area contributed by atoms with Gasteiger partial charge in [0.15, 0.2) is 0 Å². The van der Waals surface area contributed by atoms with Crippen LogP contribution in [-0.2, 0) is 0 Å². The topological polar surface area (TPSA) is 48.0 Å². The van der Waals surface area contributed by atoms with Gasteiger partial charge in [0, 0.05) is 17.8 Å². The number of nitrogens with one attached hydrogen (secondary N) is 1. The molecule has 0 aromatic heterocycles. The second-order valence-electron chi connectivity index (χ2n) is 3.12. The summed E-state index contributed by atoms with van der Waals surface area (Å²) in [6, 6.07) is 0. The van der Waals surface area contributed by atoms with Crippen molar-refractivity contribution in [2.75, 3.05) is 6.54 Å². The summed E-state index contributed by atoms with van der Waals surface area (Å²) in [6.07, 6.45) is 5.64. The summed E-state index contributed by atoms with van der Waals surface area (Å²) in [5, 5.41) is 3.37. The standard InChI is InChI=1S/C7H12N2/c8-6-1-3-7(4-2-6)5-9-7/h1,9H,2-5,8H2. The lowest BCUT2D eigenvalue weighted by atomic mass is 9.93. The summed E-state index contributed by atoms with van der Waals surface area (Å²) < 4.78 is 0. The molecule has 2 heteroatoms. The molecular formula is C7H12N2. The Morgan fingerprint density at radius 1 is 1.67 bits per heavy atom. The van der Waals surface area contributed by atoms with Gasteiger partial charge in [-0.2, -0.15) is 0 Å². The Bertz CT molecular complexity index is 156. The van der Waals surface area contributed by atoms with E-state index in [1.807, 2.05) is 0 Å². The lowest BCUT2D eigenvalue weighted by Crippen LogP contribution is -2.20. The molecule has 1 atom stereocenters. The fourth-order valence-electron chi connectivity index (χ4n) is 1.36. The van der Waals surface area contributed by atoms with Crippen molar-refractivity contribution in [3.05, 3.63) is 11.8 Å². The van der Waals surface area contributed by atoms with E-state index in [0.29, 0.717) is 5.54 Å². The second kappa shape index (κ2) is 1.51. The van der Waals surface area contributed by atoms with E-state index in [4.69, 9.17) is 5.73 Å². The molecule has 0 amide bonds. The van der Waals surface area contributed by atoms with E-state index in [2.05, 4.69) is 11.4 Å². The van der Waals surface area contributed by atoms with Crippen LogP contribution in [0.1, 0.15) is 19.3 Å². The van der Waals surface area contributed by atoms with Gasteiger partial charge in [0.05, 0.1) is 0 Å². The number of hydrogen-bond donors (Lipinski definition) is 2.